The molecule has 150 valence electrons. The smallest absolute Gasteiger partial charge is 0.359 e. The molecule has 3 aromatic rings. The highest BCUT2D eigenvalue weighted by Crippen LogP contribution is 2.19. The Morgan fingerprint density at radius 2 is 1.76 bits per heavy atom. The molecule has 0 aliphatic rings. The molecule has 0 aliphatic carbocycles. The molecule has 0 unspecified atom stereocenters. The summed E-state index contributed by atoms with van der Waals surface area (Å²) in [5.41, 5.74) is -1.16. The molecule has 10 heteroatoms. The molecule has 1 heterocycles. The molecule has 1 amide bonds. The third-order valence-corrected chi connectivity index (χ3v) is 4.00. The second kappa shape index (κ2) is 8.13. The molecule has 1 aromatic heterocycles. The van der Waals surface area contributed by atoms with Crippen molar-refractivity contribution in [2.45, 2.75) is 13.5 Å². The zero-order valence-corrected chi connectivity index (χ0v) is 15.0. The van der Waals surface area contributed by atoms with E-state index in [1.165, 1.54) is 12.1 Å². The number of rotatable bonds is 5. The summed E-state index contributed by atoms with van der Waals surface area (Å²) in [6.07, 6.45) is 0. The van der Waals surface area contributed by atoms with E-state index in [0.717, 1.165) is 10.7 Å². The van der Waals surface area contributed by atoms with Crippen molar-refractivity contribution >= 4 is 28.3 Å². The van der Waals surface area contributed by atoms with Crippen LogP contribution in [0.15, 0.2) is 41.2 Å². The topological polar surface area (TPSA) is 90.3 Å². The molecule has 0 spiro atoms. The van der Waals surface area contributed by atoms with Crippen LogP contribution in [0.1, 0.15) is 17.4 Å². The number of aromatic nitrogens is 2. The number of nitrogens with zero attached hydrogens (tertiary/aromatic N) is 2. The van der Waals surface area contributed by atoms with Crippen LogP contribution in [-0.4, -0.2) is 28.3 Å². The third kappa shape index (κ3) is 3.96. The summed E-state index contributed by atoms with van der Waals surface area (Å²) in [6, 6.07) is 7.75. The minimum atomic E-state index is -1.74. The summed E-state index contributed by atoms with van der Waals surface area (Å²) in [5, 5.41) is 6.45. The van der Waals surface area contributed by atoms with Gasteiger partial charge < -0.3 is 10.1 Å². The molecule has 3 rings (SSSR count). The predicted molar refractivity (Wildman–Crippen MR) is 96.9 cm³/mol. The summed E-state index contributed by atoms with van der Waals surface area (Å²) in [6.45, 7) is 1.04. The fourth-order valence-electron chi connectivity index (χ4n) is 2.61. The number of aryl methyl sites for hydroxylation is 1. The van der Waals surface area contributed by atoms with Gasteiger partial charge >= 0.3 is 5.97 Å². The van der Waals surface area contributed by atoms with Crippen LogP contribution in [0.2, 0.25) is 0 Å². The van der Waals surface area contributed by atoms with Crippen molar-refractivity contribution in [3.8, 4) is 0 Å². The lowest BCUT2D eigenvalue weighted by atomic mass is 10.1. The maximum absolute atomic E-state index is 13.6. The maximum Gasteiger partial charge on any atom is 0.359 e. The van der Waals surface area contributed by atoms with Crippen LogP contribution in [0, 0.1) is 17.5 Å². The van der Waals surface area contributed by atoms with E-state index in [0.29, 0.717) is 6.07 Å². The number of hydrogen-bond donors (Lipinski definition) is 1. The zero-order valence-electron chi connectivity index (χ0n) is 15.0. The first kappa shape index (κ1) is 20.1. The number of benzene rings is 2. The van der Waals surface area contributed by atoms with E-state index in [1.54, 1.807) is 19.1 Å². The molecule has 0 saturated heterocycles. The normalized spacial score (nSPS) is 10.8. The number of halogens is 3. The summed E-state index contributed by atoms with van der Waals surface area (Å²) >= 11 is 0. The highest BCUT2D eigenvalue weighted by molar-refractivity contribution is 6.03. The molecular formula is C19H14F3N3O4. The highest BCUT2D eigenvalue weighted by Gasteiger charge is 2.20. The number of anilines is 1. The number of esters is 1. The van der Waals surface area contributed by atoms with E-state index in [1.807, 2.05) is 5.32 Å². The van der Waals surface area contributed by atoms with Gasteiger partial charge in [-0.1, -0.05) is 18.2 Å². The number of carbonyl (C=O) groups is 2. The molecule has 7 nitrogen and oxygen atoms in total. The first-order valence-corrected chi connectivity index (χ1v) is 8.43. The molecule has 2 aromatic carbocycles. The summed E-state index contributed by atoms with van der Waals surface area (Å²) in [4.78, 5) is 36.6. The molecule has 0 fully saturated rings. The van der Waals surface area contributed by atoms with Gasteiger partial charge in [-0.2, -0.15) is 5.10 Å². The molecule has 0 aliphatic heterocycles. The summed E-state index contributed by atoms with van der Waals surface area (Å²) in [7, 11) is 0. The first-order chi connectivity index (χ1) is 13.8. The van der Waals surface area contributed by atoms with E-state index in [4.69, 9.17) is 4.74 Å². The molecule has 0 bridgehead atoms. The Balaban J connectivity index is 1.78. The number of amides is 1. The summed E-state index contributed by atoms with van der Waals surface area (Å²) in [5.74, 6) is -6.68. The number of ether oxygens (including phenoxy) is 1. The fraction of sp³-hybridized carbons (Fsp3) is 0.158. The largest absolute Gasteiger partial charge is 0.451 e. The van der Waals surface area contributed by atoms with E-state index in [9.17, 15) is 27.6 Å². The molecular weight excluding hydrogens is 391 g/mol. The average molecular weight is 405 g/mol. The van der Waals surface area contributed by atoms with Gasteiger partial charge in [0.15, 0.2) is 29.8 Å². The van der Waals surface area contributed by atoms with Gasteiger partial charge in [0.05, 0.1) is 11.1 Å². The van der Waals surface area contributed by atoms with Gasteiger partial charge in [-0.25, -0.2) is 22.6 Å². The second-order valence-corrected chi connectivity index (χ2v) is 5.86. The van der Waals surface area contributed by atoms with Crippen molar-refractivity contribution < 1.29 is 27.5 Å². The quantitative estimate of drug-likeness (QED) is 0.521. The van der Waals surface area contributed by atoms with Crippen LogP contribution in [0.25, 0.3) is 10.8 Å². The minimum Gasteiger partial charge on any atom is -0.451 e. The van der Waals surface area contributed by atoms with Crippen molar-refractivity contribution in [1.29, 1.82) is 0 Å². The van der Waals surface area contributed by atoms with E-state index in [2.05, 4.69) is 5.10 Å². The predicted octanol–water partition coefficient (Wildman–Crippen LogP) is 2.63. The van der Waals surface area contributed by atoms with Gasteiger partial charge in [0.1, 0.15) is 0 Å². The first-order valence-electron chi connectivity index (χ1n) is 8.43. The van der Waals surface area contributed by atoms with E-state index < -0.39 is 41.6 Å². The Labute approximate surface area is 161 Å². The lowest BCUT2D eigenvalue weighted by molar-refractivity contribution is -0.119. The standard InChI is InChI=1S/C19H14F3N3O4/c1-2-25-18(27)11-6-4-3-5-10(11)17(24-25)19(28)29-9-14(26)23-13-8-7-12(20)15(21)16(13)22/h3-8H,2,9H2,1H3,(H,23,26). The SMILES string of the molecule is CCn1nc(C(=O)OCC(=O)Nc2ccc(F)c(F)c2F)c2ccccc2c1=O. The van der Waals surface area contributed by atoms with Crippen molar-refractivity contribution in [2.75, 3.05) is 11.9 Å². The molecule has 0 atom stereocenters. The fourth-order valence-corrected chi connectivity index (χ4v) is 2.61. The zero-order chi connectivity index (χ0) is 21.1. The lowest BCUT2D eigenvalue weighted by Crippen LogP contribution is -2.27. The van der Waals surface area contributed by atoms with Crippen LogP contribution in [0.5, 0.6) is 0 Å². The van der Waals surface area contributed by atoms with Gasteiger partial charge in [-0.15, -0.1) is 0 Å². The Hall–Kier alpha value is -3.69. The van der Waals surface area contributed by atoms with E-state index in [-0.39, 0.29) is 28.6 Å². The van der Waals surface area contributed by atoms with Crippen LogP contribution in [0.3, 0.4) is 0 Å². The lowest BCUT2D eigenvalue weighted by Gasteiger charge is -2.10. The number of nitrogens with one attached hydrogen (secondary N) is 1. The summed E-state index contributed by atoms with van der Waals surface area (Å²) < 4.78 is 45.7. The van der Waals surface area contributed by atoms with E-state index >= 15 is 0 Å². The Bertz CT molecular complexity index is 1180. The number of fused-ring (bicyclic) bond motifs is 1. The van der Waals surface area contributed by atoms with Crippen LogP contribution in [-0.2, 0) is 16.1 Å². The van der Waals surface area contributed by atoms with Crippen LogP contribution < -0.4 is 10.9 Å². The van der Waals surface area contributed by atoms with Crippen molar-refractivity contribution in [2.24, 2.45) is 0 Å². The number of carbonyl (C=O) groups excluding carboxylic acids is 2. The Morgan fingerprint density at radius 1 is 1.07 bits per heavy atom. The van der Waals surface area contributed by atoms with Crippen molar-refractivity contribution in [3.63, 3.8) is 0 Å². The highest BCUT2D eigenvalue weighted by atomic mass is 19.2. The van der Waals surface area contributed by atoms with Gasteiger partial charge in [-0.3, -0.25) is 9.59 Å². The second-order valence-electron chi connectivity index (χ2n) is 5.86. The van der Waals surface area contributed by atoms with Gasteiger partial charge in [0.2, 0.25) is 0 Å². The van der Waals surface area contributed by atoms with Gasteiger partial charge in [0, 0.05) is 11.9 Å². The Morgan fingerprint density at radius 3 is 2.45 bits per heavy atom. The monoisotopic (exact) mass is 405 g/mol. The van der Waals surface area contributed by atoms with Gasteiger partial charge in [-0.05, 0) is 25.1 Å². The van der Waals surface area contributed by atoms with Crippen LogP contribution in [0.4, 0.5) is 18.9 Å². The molecule has 0 saturated carbocycles. The minimum absolute atomic E-state index is 0.172. The van der Waals surface area contributed by atoms with Crippen molar-refractivity contribution in [3.05, 3.63) is 69.9 Å². The van der Waals surface area contributed by atoms with Crippen molar-refractivity contribution in [1.82, 2.24) is 9.78 Å². The van der Waals surface area contributed by atoms with Crippen LogP contribution >= 0.6 is 0 Å². The third-order valence-electron chi connectivity index (χ3n) is 4.00. The molecule has 29 heavy (non-hydrogen) atoms. The molecule has 0 radical (unpaired) electrons. The average Bonchev–Trinajstić information content (AvgIpc) is 2.73. The Kier molecular flexibility index (Phi) is 5.62. The number of hydrogen-bond acceptors (Lipinski definition) is 5. The molecule has 1 N–H and O–H groups in total. The maximum atomic E-state index is 13.6. The van der Waals surface area contributed by atoms with Gasteiger partial charge in [0.25, 0.3) is 11.5 Å².